The minimum absolute atomic E-state index is 0.628. The van der Waals surface area contributed by atoms with Crippen molar-refractivity contribution in [2.75, 3.05) is 13.6 Å². The first-order valence-electron chi connectivity index (χ1n) is 8.66. The Kier molecular flexibility index (Phi) is 6.15. The van der Waals surface area contributed by atoms with Crippen molar-refractivity contribution in [2.45, 2.75) is 83.2 Å². The van der Waals surface area contributed by atoms with Gasteiger partial charge in [-0.15, -0.1) is 0 Å². The van der Waals surface area contributed by atoms with E-state index < -0.39 is 0 Å². The van der Waals surface area contributed by atoms with Gasteiger partial charge in [0.25, 0.3) is 0 Å². The van der Waals surface area contributed by atoms with Gasteiger partial charge in [-0.3, -0.25) is 4.90 Å². The van der Waals surface area contributed by atoms with Crippen molar-refractivity contribution >= 4 is 0 Å². The van der Waals surface area contributed by atoms with Crippen LogP contribution in [-0.4, -0.2) is 30.6 Å². The van der Waals surface area contributed by atoms with E-state index in [0.29, 0.717) is 6.04 Å². The lowest BCUT2D eigenvalue weighted by molar-refractivity contribution is 0.0657. The lowest BCUT2D eigenvalue weighted by Crippen LogP contribution is -2.51. The van der Waals surface area contributed by atoms with Gasteiger partial charge in [0.1, 0.15) is 0 Å². The Labute approximate surface area is 120 Å². The molecular weight excluding hydrogens is 232 g/mol. The van der Waals surface area contributed by atoms with Crippen LogP contribution in [-0.2, 0) is 0 Å². The Hall–Kier alpha value is -0.0800. The summed E-state index contributed by atoms with van der Waals surface area (Å²) in [6.07, 6.45) is 14.2. The third-order valence-electron chi connectivity index (χ3n) is 5.80. The molecule has 0 heterocycles. The molecule has 112 valence electrons. The van der Waals surface area contributed by atoms with E-state index in [1.165, 1.54) is 64.2 Å². The van der Waals surface area contributed by atoms with E-state index in [-0.39, 0.29) is 0 Å². The first kappa shape index (κ1) is 15.3. The van der Waals surface area contributed by atoms with Crippen molar-refractivity contribution in [3.05, 3.63) is 0 Å². The normalized spacial score (nSPS) is 32.2. The molecule has 2 aliphatic carbocycles. The summed E-state index contributed by atoms with van der Waals surface area (Å²) in [5.74, 6) is 1.71. The van der Waals surface area contributed by atoms with Gasteiger partial charge in [-0.2, -0.15) is 0 Å². The zero-order valence-corrected chi connectivity index (χ0v) is 13.1. The average molecular weight is 266 g/mol. The molecule has 0 aromatic heterocycles. The maximum absolute atomic E-state index is 6.17. The molecule has 0 amide bonds. The van der Waals surface area contributed by atoms with Gasteiger partial charge in [-0.25, -0.2) is 0 Å². The van der Waals surface area contributed by atoms with Gasteiger partial charge in [0.15, 0.2) is 0 Å². The highest BCUT2D eigenvalue weighted by Gasteiger charge is 2.32. The summed E-state index contributed by atoms with van der Waals surface area (Å²) >= 11 is 0. The van der Waals surface area contributed by atoms with Crippen LogP contribution in [0.5, 0.6) is 0 Å². The number of nitrogens with zero attached hydrogens (tertiary/aromatic N) is 1. The van der Waals surface area contributed by atoms with Crippen molar-refractivity contribution in [1.82, 2.24) is 4.90 Å². The summed E-state index contributed by atoms with van der Waals surface area (Å²) in [5.41, 5.74) is 6.17. The average Bonchev–Trinajstić information content (AvgIpc) is 2.69. The quantitative estimate of drug-likeness (QED) is 0.784. The Morgan fingerprint density at radius 3 is 2.11 bits per heavy atom. The van der Waals surface area contributed by atoms with E-state index >= 15 is 0 Å². The lowest BCUT2D eigenvalue weighted by Gasteiger charge is -2.43. The van der Waals surface area contributed by atoms with E-state index in [4.69, 9.17) is 5.73 Å². The molecular formula is C17H34N2. The fourth-order valence-corrected chi connectivity index (χ4v) is 4.53. The highest BCUT2D eigenvalue weighted by atomic mass is 15.2. The van der Waals surface area contributed by atoms with E-state index in [0.717, 1.165) is 24.4 Å². The number of hydrogen-bond acceptors (Lipinski definition) is 2. The molecule has 0 radical (unpaired) electrons. The molecule has 0 aromatic rings. The lowest BCUT2D eigenvalue weighted by atomic mass is 9.82. The van der Waals surface area contributed by atoms with Crippen LogP contribution in [0, 0.1) is 11.8 Å². The molecule has 3 unspecified atom stereocenters. The fraction of sp³-hybridized carbons (Fsp3) is 1.00. The molecule has 2 aliphatic rings. The van der Waals surface area contributed by atoms with Crippen molar-refractivity contribution in [1.29, 1.82) is 0 Å². The molecule has 0 aliphatic heterocycles. The number of nitrogens with two attached hydrogens (primary N) is 1. The molecule has 3 atom stereocenters. The molecule has 0 aromatic carbocycles. The van der Waals surface area contributed by atoms with Crippen molar-refractivity contribution in [2.24, 2.45) is 17.6 Å². The molecule has 0 spiro atoms. The largest absolute Gasteiger partial charge is 0.329 e. The molecule has 2 fully saturated rings. The summed E-state index contributed by atoms with van der Waals surface area (Å²) in [7, 11) is 2.36. The molecule has 19 heavy (non-hydrogen) atoms. The maximum Gasteiger partial charge on any atom is 0.0246 e. The number of rotatable bonds is 4. The molecule has 2 N–H and O–H groups in total. The summed E-state index contributed by atoms with van der Waals surface area (Å²) in [6, 6.07) is 1.41. The minimum Gasteiger partial charge on any atom is -0.329 e. The van der Waals surface area contributed by atoms with Crippen molar-refractivity contribution < 1.29 is 0 Å². The topological polar surface area (TPSA) is 29.3 Å². The van der Waals surface area contributed by atoms with E-state index in [2.05, 4.69) is 18.9 Å². The monoisotopic (exact) mass is 266 g/mol. The second kappa shape index (κ2) is 7.64. The van der Waals surface area contributed by atoms with Crippen LogP contribution in [0.4, 0.5) is 0 Å². The Morgan fingerprint density at radius 2 is 1.53 bits per heavy atom. The van der Waals surface area contributed by atoms with Gasteiger partial charge in [0.05, 0.1) is 0 Å². The van der Waals surface area contributed by atoms with Gasteiger partial charge < -0.3 is 5.73 Å². The van der Waals surface area contributed by atoms with Gasteiger partial charge in [0.2, 0.25) is 0 Å². The SMILES string of the molecule is CC1CCCCC1N(C)C(CN)C1CCCCCC1. The van der Waals surface area contributed by atoms with Crippen LogP contribution in [0.15, 0.2) is 0 Å². The fourth-order valence-electron chi connectivity index (χ4n) is 4.53. The van der Waals surface area contributed by atoms with Gasteiger partial charge in [-0.1, -0.05) is 45.4 Å². The van der Waals surface area contributed by atoms with Gasteiger partial charge >= 0.3 is 0 Å². The Morgan fingerprint density at radius 1 is 0.947 bits per heavy atom. The summed E-state index contributed by atoms with van der Waals surface area (Å²) in [4.78, 5) is 2.68. The number of hydrogen-bond donors (Lipinski definition) is 1. The van der Waals surface area contributed by atoms with Crippen molar-refractivity contribution in [3.8, 4) is 0 Å². The highest BCUT2D eigenvalue weighted by Crippen LogP contribution is 2.33. The van der Waals surface area contributed by atoms with Crippen LogP contribution in [0.25, 0.3) is 0 Å². The predicted molar refractivity (Wildman–Crippen MR) is 83.2 cm³/mol. The van der Waals surface area contributed by atoms with Gasteiger partial charge in [0, 0.05) is 18.6 Å². The summed E-state index contributed by atoms with van der Waals surface area (Å²) < 4.78 is 0. The van der Waals surface area contributed by atoms with Crippen LogP contribution in [0.3, 0.4) is 0 Å². The van der Waals surface area contributed by atoms with Crippen molar-refractivity contribution in [3.63, 3.8) is 0 Å². The third-order valence-corrected chi connectivity index (χ3v) is 5.80. The van der Waals surface area contributed by atoms with Crippen LogP contribution in [0.2, 0.25) is 0 Å². The minimum atomic E-state index is 0.628. The molecule has 0 bridgehead atoms. The predicted octanol–water partition coefficient (Wildman–Crippen LogP) is 3.79. The van der Waals surface area contributed by atoms with Crippen LogP contribution in [0.1, 0.15) is 71.1 Å². The second-order valence-corrected chi connectivity index (χ2v) is 7.05. The third kappa shape index (κ3) is 3.95. The Balaban J connectivity index is 1.98. The molecule has 0 saturated heterocycles. The highest BCUT2D eigenvalue weighted by molar-refractivity contribution is 4.87. The van der Waals surface area contributed by atoms with Crippen LogP contribution >= 0.6 is 0 Å². The number of likely N-dealkylation sites (N-methyl/N-ethyl adjacent to an activating group) is 1. The smallest absolute Gasteiger partial charge is 0.0246 e. The molecule has 2 rings (SSSR count). The zero-order chi connectivity index (χ0) is 13.7. The maximum atomic E-state index is 6.17. The molecule has 2 nitrogen and oxygen atoms in total. The first-order chi connectivity index (χ1) is 9.24. The second-order valence-electron chi connectivity index (χ2n) is 7.05. The van der Waals surface area contributed by atoms with Gasteiger partial charge in [-0.05, 0) is 44.6 Å². The van der Waals surface area contributed by atoms with Crippen LogP contribution < -0.4 is 5.73 Å². The summed E-state index contributed by atoms with van der Waals surface area (Å²) in [5, 5.41) is 0. The standard InChI is InChI=1S/C17H34N2/c1-14-9-7-8-12-16(14)19(2)17(13-18)15-10-5-3-4-6-11-15/h14-17H,3-13,18H2,1-2H3. The Bertz CT molecular complexity index is 246. The molecule has 2 saturated carbocycles. The van der Waals surface area contributed by atoms with E-state index in [1.807, 2.05) is 0 Å². The summed E-state index contributed by atoms with van der Waals surface area (Å²) in [6.45, 7) is 3.30. The van der Waals surface area contributed by atoms with E-state index in [9.17, 15) is 0 Å². The first-order valence-corrected chi connectivity index (χ1v) is 8.66. The zero-order valence-electron chi connectivity index (χ0n) is 13.1. The molecule has 2 heteroatoms. The van der Waals surface area contributed by atoms with E-state index in [1.54, 1.807) is 0 Å².